The summed E-state index contributed by atoms with van der Waals surface area (Å²) in [7, 11) is 1.76. The molecule has 0 aromatic carbocycles. The van der Waals surface area contributed by atoms with Crippen LogP contribution in [0.25, 0.3) is 0 Å². The zero-order valence-corrected chi connectivity index (χ0v) is 11.1. The molecule has 1 aliphatic heterocycles. The minimum atomic E-state index is -0.221. The van der Waals surface area contributed by atoms with E-state index in [-0.39, 0.29) is 5.60 Å². The van der Waals surface area contributed by atoms with Gasteiger partial charge in [-0.3, -0.25) is 0 Å². The first-order chi connectivity index (χ1) is 7.69. The van der Waals surface area contributed by atoms with Gasteiger partial charge in [-0.05, 0) is 32.7 Å². The summed E-state index contributed by atoms with van der Waals surface area (Å²) in [4.78, 5) is 4.74. The third kappa shape index (κ3) is 2.14. The summed E-state index contributed by atoms with van der Waals surface area (Å²) < 4.78 is 5.58. The summed E-state index contributed by atoms with van der Waals surface area (Å²) >= 11 is 1.72. The molecule has 1 saturated heterocycles. The minimum absolute atomic E-state index is 0.221. The Hall–Kier alpha value is -0.450. The van der Waals surface area contributed by atoms with Crippen molar-refractivity contribution in [3.63, 3.8) is 0 Å². The highest BCUT2D eigenvalue weighted by Crippen LogP contribution is 2.33. The first kappa shape index (κ1) is 12.0. The second-order valence-electron chi connectivity index (χ2n) is 4.51. The number of aromatic nitrogens is 1. The van der Waals surface area contributed by atoms with E-state index in [0.717, 1.165) is 18.0 Å². The van der Waals surface area contributed by atoms with Gasteiger partial charge in [0.2, 0.25) is 0 Å². The Morgan fingerprint density at radius 3 is 3.06 bits per heavy atom. The van der Waals surface area contributed by atoms with Crippen molar-refractivity contribution in [2.75, 3.05) is 13.7 Å². The highest BCUT2D eigenvalue weighted by Gasteiger charge is 2.29. The van der Waals surface area contributed by atoms with Crippen LogP contribution in [0.2, 0.25) is 0 Å². The second-order valence-corrected chi connectivity index (χ2v) is 5.37. The number of rotatable bonds is 4. The third-order valence-corrected chi connectivity index (χ3v) is 4.62. The average Bonchev–Trinajstić information content (AvgIpc) is 2.97. The van der Waals surface area contributed by atoms with E-state index in [0.29, 0.717) is 6.04 Å². The molecule has 1 fully saturated rings. The number of nitrogens with one attached hydrogen (secondary N) is 1. The molecule has 16 heavy (non-hydrogen) atoms. The van der Waals surface area contributed by atoms with Crippen molar-refractivity contribution in [3.05, 3.63) is 16.1 Å². The van der Waals surface area contributed by atoms with E-state index in [1.165, 1.54) is 18.5 Å². The fourth-order valence-electron chi connectivity index (χ4n) is 2.01. The van der Waals surface area contributed by atoms with Gasteiger partial charge in [0.25, 0.3) is 0 Å². The van der Waals surface area contributed by atoms with Crippen LogP contribution in [-0.2, 0) is 10.3 Å². The minimum Gasteiger partial charge on any atom is -0.371 e. The van der Waals surface area contributed by atoms with Gasteiger partial charge >= 0.3 is 0 Å². The molecule has 1 N–H and O–H groups in total. The maximum atomic E-state index is 5.58. The lowest BCUT2D eigenvalue weighted by Gasteiger charge is -2.23. The molecule has 3 nitrogen and oxygen atoms in total. The van der Waals surface area contributed by atoms with Gasteiger partial charge in [-0.15, -0.1) is 11.3 Å². The van der Waals surface area contributed by atoms with Crippen molar-refractivity contribution < 1.29 is 4.74 Å². The molecule has 4 heteroatoms. The smallest absolute Gasteiger partial charge is 0.125 e. The van der Waals surface area contributed by atoms with E-state index in [1.807, 2.05) is 0 Å². The van der Waals surface area contributed by atoms with Crippen LogP contribution >= 0.6 is 11.3 Å². The SMILES string of the molecule is CCC(C)(OC)c1nc([C@H]2CCCN2)cs1. The normalized spacial score (nSPS) is 24.6. The van der Waals surface area contributed by atoms with Crippen LogP contribution in [0, 0.1) is 0 Å². The van der Waals surface area contributed by atoms with Crippen LogP contribution in [0.5, 0.6) is 0 Å². The molecule has 0 bridgehead atoms. The first-order valence-electron chi connectivity index (χ1n) is 5.94. The van der Waals surface area contributed by atoms with E-state index in [2.05, 4.69) is 24.5 Å². The number of hydrogen-bond donors (Lipinski definition) is 1. The molecule has 1 aromatic rings. The van der Waals surface area contributed by atoms with Gasteiger partial charge in [0.1, 0.15) is 10.6 Å². The fraction of sp³-hybridized carbons (Fsp3) is 0.750. The third-order valence-electron chi connectivity index (χ3n) is 3.52. The van der Waals surface area contributed by atoms with Crippen molar-refractivity contribution in [1.29, 1.82) is 0 Å². The number of thiazole rings is 1. The molecule has 0 amide bonds. The van der Waals surface area contributed by atoms with Gasteiger partial charge in [0, 0.05) is 12.5 Å². The topological polar surface area (TPSA) is 34.1 Å². The Morgan fingerprint density at radius 1 is 1.69 bits per heavy atom. The Morgan fingerprint density at radius 2 is 2.50 bits per heavy atom. The van der Waals surface area contributed by atoms with Crippen LogP contribution in [0.1, 0.15) is 49.9 Å². The Labute approximate surface area is 101 Å². The van der Waals surface area contributed by atoms with Crippen molar-refractivity contribution in [2.24, 2.45) is 0 Å². The number of ether oxygens (including phenoxy) is 1. The summed E-state index contributed by atoms with van der Waals surface area (Å²) in [5, 5.41) is 6.75. The zero-order valence-electron chi connectivity index (χ0n) is 10.2. The summed E-state index contributed by atoms with van der Waals surface area (Å²) in [6, 6.07) is 0.461. The summed E-state index contributed by atoms with van der Waals surface area (Å²) in [6.45, 7) is 5.36. The molecule has 1 unspecified atom stereocenters. The van der Waals surface area contributed by atoms with Crippen molar-refractivity contribution in [1.82, 2.24) is 10.3 Å². The van der Waals surface area contributed by atoms with E-state index >= 15 is 0 Å². The van der Waals surface area contributed by atoms with Gasteiger partial charge in [-0.2, -0.15) is 0 Å². The summed E-state index contributed by atoms with van der Waals surface area (Å²) in [6.07, 6.45) is 3.42. The van der Waals surface area contributed by atoms with E-state index < -0.39 is 0 Å². The highest BCUT2D eigenvalue weighted by molar-refractivity contribution is 7.09. The number of methoxy groups -OCH3 is 1. The lowest BCUT2D eigenvalue weighted by molar-refractivity contribution is -0.00171. The van der Waals surface area contributed by atoms with Gasteiger partial charge in [-0.25, -0.2) is 4.98 Å². The van der Waals surface area contributed by atoms with Gasteiger partial charge in [0.05, 0.1) is 11.7 Å². The molecular formula is C12H20N2OS. The van der Waals surface area contributed by atoms with Crippen molar-refractivity contribution >= 4 is 11.3 Å². The molecule has 1 aliphatic rings. The average molecular weight is 240 g/mol. The first-order valence-corrected chi connectivity index (χ1v) is 6.82. The van der Waals surface area contributed by atoms with Crippen molar-refractivity contribution in [3.8, 4) is 0 Å². The molecule has 0 radical (unpaired) electrons. The van der Waals surface area contributed by atoms with Crippen LogP contribution < -0.4 is 5.32 Å². The quantitative estimate of drug-likeness (QED) is 0.878. The predicted octanol–water partition coefficient (Wildman–Crippen LogP) is 2.84. The molecule has 0 spiro atoms. The summed E-state index contributed by atoms with van der Waals surface area (Å²) in [5.74, 6) is 0. The highest BCUT2D eigenvalue weighted by atomic mass is 32.1. The van der Waals surface area contributed by atoms with Gasteiger partial charge in [0.15, 0.2) is 0 Å². The van der Waals surface area contributed by atoms with Crippen LogP contribution in [-0.4, -0.2) is 18.6 Å². The molecule has 0 saturated carbocycles. The van der Waals surface area contributed by atoms with Crippen LogP contribution in [0.15, 0.2) is 5.38 Å². The van der Waals surface area contributed by atoms with E-state index in [9.17, 15) is 0 Å². The molecule has 2 atom stereocenters. The molecule has 0 aliphatic carbocycles. The molecule has 90 valence electrons. The van der Waals surface area contributed by atoms with Gasteiger partial charge < -0.3 is 10.1 Å². The largest absolute Gasteiger partial charge is 0.371 e. The van der Waals surface area contributed by atoms with Crippen LogP contribution in [0.3, 0.4) is 0 Å². The van der Waals surface area contributed by atoms with Crippen molar-refractivity contribution in [2.45, 2.75) is 44.8 Å². The van der Waals surface area contributed by atoms with Crippen LogP contribution in [0.4, 0.5) is 0 Å². The van der Waals surface area contributed by atoms with Gasteiger partial charge in [-0.1, -0.05) is 6.92 Å². The molecular weight excluding hydrogens is 220 g/mol. The standard InChI is InChI=1S/C12H20N2OS/c1-4-12(2,15-3)11-14-10(8-16-11)9-6-5-7-13-9/h8-9,13H,4-7H2,1-3H3/t9-,12?/m1/s1. The zero-order chi connectivity index (χ0) is 11.6. The molecule has 1 aromatic heterocycles. The number of hydrogen-bond acceptors (Lipinski definition) is 4. The lowest BCUT2D eigenvalue weighted by atomic mass is 10.0. The number of nitrogens with zero attached hydrogens (tertiary/aromatic N) is 1. The maximum absolute atomic E-state index is 5.58. The Bertz CT molecular complexity index is 341. The second kappa shape index (κ2) is 4.82. The van der Waals surface area contributed by atoms with E-state index in [1.54, 1.807) is 18.4 Å². The lowest BCUT2D eigenvalue weighted by Crippen LogP contribution is -2.23. The molecule has 2 heterocycles. The summed E-state index contributed by atoms with van der Waals surface area (Å²) in [5.41, 5.74) is 0.968. The van der Waals surface area contributed by atoms with E-state index in [4.69, 9.17) is 9.72 Å². The Balaban J connectivity index is 2.17. The maximum Gasteiger partial charge on any atom is 0.125 e. The monoisotopic (exact) mass is 240 g/mol. The molecule has 2 rings (SSSR count). The Kier molecular flexibility index (Phi) is 3.62. The predicted molar refractivity (Wildman–Crippen MR) is 66.7 cm³/mol. The fourth-order valence-corrected chi connectivity index (χ4v) is 3.09.